The van der Waals surface area contributed by atoms with Gasteiger partial charge in [0.15, 0.2) is 5.96 Å². The Morgan fingerprint density at radius 3 is 2.13 bits per heavy atom. The first-order valence-electron chi connectivity index (χ1n) is 17.1. The van der Waals surface area contributed by atoms with Crippen LogP contribution in [0.4, 0.5) is 0 Å². The molecule has 1 aliphatic rings. The molecule has 3 aromatic rings. The molecule has 0 saturated carbocycles. The van der Waals surface area contributed by atoms with E-state index < -0.39 is 72.0 Å². The van der Waals surface area contributed by atoms with Crippen molar-refractivity contribution in [2.45, 2.75) is 75.5 Å². The molecule has 1 aliphatic heterocycles. The smallest absolute Gasteiger partial charge is 0.303 e. The van der Waals surface area contributed by atoms with Crippen LogP contribution in [0.15, 0.2) is 54.6 Å². The van der Waals surface area contributed by atoms with Gasteiger partial charge >= 0.3 is 5.97 Å². The molecule has 16 heteroatoms. The molecule has 0 bridgehead atoms. The standard InChI is InChI=1S/C36H45ClN8O7/c37-20-30(46)42-27(14-15-31(47)48)35(52)45-17-6-5-13-29(45)34(51)44-28(33(50)43-26(32(38)49)12-7-16-41-36(39)40)19-25-23-10-3-1-8-21(23)18-22-9-2-4-11-24(22)25/h1-4,8-11,18,26-29H,5-7,12-17,19-20H2,(H2,38,49)(H,42,46)(H,43,50)(H,44,51)(H,47,48)(H4,39,40,41). The lowest BCUT2D eigenvalue weighted by atomic mass is 9.91. The number of carbonyl (C=O) groups is 6. The summed E-state index contributed by atoms with van der Waals surface area (Å²) < 4.78 is 0. The molecule has 3 aromatic carbocycles. The van der Waals surface area contributed by atoms with Crippen molar-refractivity contribution in [3.05, 3.63) is 60.2 Å². The SMILES string of the molecule is N=C(N)NCCCC(NC(=O)C(Cc1c2ccccc2cc2ccccc12)NC(=O)C1CCCCN1C(=O)C(CCC(=O)O)NC(=O)CCl)C(N)=O. The summed E-state index contributed by atoms with van der Waals surface area (Å²) in [6.07, 6.45) is 1.30. The van der Waals surface area contributed by atoms with E-state index in [1.54, 1.807) is 0 Å². The van der Waals surface area contributed by atoms with Crippen LogP contribution in [0.5, 0.6) is 0 Å². The molecular formula is C36H45ClN8O7. The van der Waals surface area contributed by atoms with Gasteiger partial charge in [-0.05, 0) is 71.7 Å². The first-order chi connectivity index (χ1) is 24.9. The van der Waals surface area contributed by atoms with Crippen LogP contribution < -0.4 is 32.7 Å². The van der Waals surface area contributed by atoms with Crippen LogP contribution >= 0.6 is 11.6 Å². The number of primary amides is 1. The number of nitrogens with one attached hydrogen (secondary N) is 5. The average molecular weight is 737 g/mol. The summed E-state index contributed by atoms with van der Waals surface area (Å²) in [4.78, 5) is 79.4. The molecule has 0 radical (unpaired) electrons. The lowest BCUT2D eigenvalue weighted by Crippen LogP contribution is -2.60. The van der Waals surface area contributed by atoms with Crippen molar-refractivity contribution in [2.75, 3.05) is 19.0 Å². The van der Waals surface area contributed by atoms with Gasteiger partial charge < -0.3 is 42.7 Å². The van der Waals surface area contributed by atoms with E-state index in [-0.39, 0.29) is 44.7 Å². The van der Waals surface area contributed by atoms with Crippen LogP contribution in [0.3, 0.4) is 0 Å². The third kappa shape index (κ3) is 10.5. The minimum Gasteiger partial charge on any atom is -0.481 e. The number of carboxylic acids is 1. The number of aliphatic carboxylic acids is 1. The zero-order valence-corrected chi connectivity index (χ0v) is 29.4. The maximum Gasteiger partial charge on any atom is 0.303 e. The van der Waals surface area contributed by atoms with Gasteiger partial charge in [-0.2, -0.15) is 0 Å². The highest BCUT2D eigenvalue weighted by Gasteiger charge is 2.38. The maximum atomic E-state index is 14.2. The Hall–Kier alpha value is -5.44. The van der Waals surface area contributed by atoms with Gasteiger partial charge in [-0.1, -0.05) is 48.5 Å². The Bertz CT molecular complexity index is 1770. The molecule has 10 N–H and O–H groups in total. The van der Waals surface area contributed by atoms with E-state index in [9.17, 15) is 33.9 Å². The molecule has 1 fully saturated rings. The van der Waals surface area contributed by atoms with E-state index >= 15 is 0 Å². The van der Waals surface area contributed by atoms with Crippen molar-refractivity contribution in [3.63, 3.8) is 0 Å². The number of piperidine rings is 1. The molecule has 0 spiro atoms. The minimum atomic E-state index is -1.23. The summed E-state index contributed by atoms with van der Waals surface area (Å²) in [7, 11) is 0. The number of carbonyl (C=O) groups excluding carboxylic acids is 5. The van der Waals surface area contributed by atoms with E-state index in [0.29, 0.717) is 19.3 Å². The summed E-state index contributed by atoms with van der Waals surface area (Å²) in [6, 6.07) is 12.8. The third-order valence-corrected chi connectivity index (χ3v) is 9.30. The number of nitrogens with zero attached hydrogens (tertiary/aromatic N) is 1. The highest BCUT2D eigenvalue weighted by atomic mass is 35.5. The van der Waals surface area contributed by atoms with Gasteiger partial charge in [0, 0.05) is 25.9 Å². The normalized spacial score (nSPS) is 15.9. The van der Waals surface area contributed by atoms with Crippen LogP contribution in [0, 0.1) is 5.41 Å². The largest absolute Gasteiger partial charge is 0.481 e. The number of halogens is 1. The Labute approximate surface area is 305 Å². The third-order valence-electron chi connectivity index (χ3n) is 9.06. The highest BCUT2D eigenvalue weighted by Crippen LogP contribution is 2.30. The minimum absolute atomic E-state index is 0.0183. The number of nitrogens with two attached hydrogens (primary N) is 2. The fourth-order valence-corrected chi connectivity index (χ4v) is 6.60. The van der Waals surface area contributed by atoms with E-state index in [1.807, 2.05) is 54.6 Å². The van der Waals surface area contributed by atoms with Crippen molar-refractivity contribution >= 4 is 74.6 Å². The lowest BCUT2D eigenvalue weighted by molar-refractivity contribution is -0.146. The topological polar surface area (TPSA) is 250 Å². The van der Waals surface area contributed by atoms with Gasteiger partial charge in [0.2, 0.25) is 29.5 Å². The summed E-state index contributed by atoms with van der Waals surface area (Å²) in [5.74, 6) is -5.22. The molecule has 4 atom stereocenters. The molecule has 278 valence electrons. The quantitative estimate of drug-likeness (QED) is 0.0326. The number of fused-ring (bicyclic) bond motifs is 2. The lowest BCUT2D eigenvalue weighted by Gasteiger charge is -2.37. The van der Waals surface area contributed by atoms with Crippen molar-refractivity contribution < 1.29 is 33.9 Å². The second-order valence-electron chi connectivity index (χ2n) is 12.7. The second kappa shape index (κ2) is 18.7. The van der Waals surface area contributed by atoms with Crippen LogP contribution in [-0.4, -0.2) is 94.6 Å². The zero-order valence-electron chi connectivity index (χ0n) is 28.7. The number of rotatable bonds is 17. The molecule has 4 unspecified atom stereocenters. The number of benzene rings is 3. The van der Waals surface area contributed by atoms with Gasteiger partial charge in [-0.3, -0.25) is 34.2 Å². The number of carboxylic acid groups (broad SMARTS) is 1. The molecule has 0 aliphatic carbocycles. The summed E-state index contributed by atoms with van der Waals surface area (Å²) in [5, 5.41) is 30.8. The molecule has 4 rings (SSSR count). The predicted molar refractivity (Wildman–Crippen MR) is 196 cm³/mol. The predicted octanol–water partition coefficient (Wildman–Crippen LogP) is 1.22. The number of hydrogen-bond acceptors (Lipinski definition) is 7. The number of amides is 5. The zero-order chi connectivity index (χ0) is 37.8. The number of hydrogen-bond donors (Lipinski definition) is 8. The molecule has 5 amide bonds. The number of likely N-dealkylation sites (tertiary alicyclic amines) is 1. The summed E-state index contributed by atoms with van der Waals surface area (Å²) >= 11 is 5.66. The van der Waals surface area contributed by atoms with Crippen LogP contribution in [-0.2, 0) is 35.2 Å². The highest BCUT2D eigenvalue weighted by molar-refractivity contribution is 6.27. The fourth-order valence-electron chi connectivity index (χ4n) is 6.52. The maximum absolute atomic E-state index is 14.2. The van der Waals surface area contributed by atoms with Crippen molar-refractivity contribution in [2.24, 2.45) is 11.5 Å². The van der Waals surface area contributed by atoms with Crippen LogP contribution in [0.25, 0.3) is 21.5 Å². The summed E-state index contributed by atoms with van der Waals surface area (Å²) in [5.41, 5.74) is 11.8. The Morgan fingerprint density at radius 2 is 1.54 bits per heavy atom. The first kappa shape index (κ1) is 39.3. The average Bonchev–Trinajstić information content (AvgIpc) is 3.13. The van der Waals surface area contributed by atoms with Crippen molar-refractivity contribution in [1.29, 1.82) is 5.41 Å². The number of alkyl halides is 1. The molecule has 1 heterocycles. The fraction of sp³-hybridized carbons (Fsp3) is 0.417. The number of guanidine groups is 1. The van der Waals surface area contributed by atoms with Crippen LogP contribution in [0.1, 0.15) is 50.5 Å². The Kier molecular flexibility index (Phi) is 14.1. The Morgan fingerprint density at radius 1 is 0.885 bits per heavy atom. The molecular weight excluding hydrogens is 692 g/mol. The monoisotopic (exact) mass is 736 g/mol. The Balaban J connectivity index is 1.67. The second-order valence-corrected chi connectivity index (χ2v) is 13.0. The molecule has 52 heavy (non-hydrogen) atoms. The summed E-state index contributed by atoms with van der Waals surface area (Å²) in [6.45, 7) is 0.432. The van der Waals surface area contributed by atoms with E-state index in [4.69, 9.17) is 28.5 Å². The van der Waals surface area contributed by atoms with Gasteiger partial charge in [0.1, 0.15) is 30.0 Å². The van der Waals surface area contributed by atoms with Crippen molar-refractivity contribution in [1.82, 2.24) is 26.2 Å². The molecule has 0 aromatic heterocycles. The molecule has 15 nitrogen and oxygen atoms in total. The van der Waals surface area contributed by atoms with Gasteiger partial charge in [-0.25, -0.2) is 0 Å². The van der Waals surface area contributed by atoms with Crippen molar-refractivity contribution in [3.8, 4) is 0 Å². The first-order valence-corrected chi connectivity index (χ1v) is 17.7. The van der Waals surface area contributed by atoms with E-state index in [2.05, 4.69) is 21.3 Å². The van der Waals surface area contributed by atoms with Gasteiger partial charge in [0.25, 0.3) is 0 Å². The van der Waals surface area contributed by atoms with Gasteiger partial charge in [-0.15, -0.1) is 11.6 Å². The van der Waals surface area contributed by atoms with Gasteiger partial charge in [0.05, 0.1) is 0 Å². The molecule has 1 saturated heterocycles. The van der Waals surface area contributed by atoms with E-state index in [1.165, 1.54) is 4.90 Å². The van der Waals surface area contributed by atoms with Crippen LogP contribution in [0.2, 0.25) is 0 Å². The van der Waals surface area contributed by atoms with E-state index in [0.717, 1.165) is 27.1 Å².